The molecule has 1 aliphatic heterocycles. The van der Waals surface area contributed by atoms with Gasteiger partial charge in [0.1, 0.15) is 6.04 Å². The van der Waals surface area contributed by atoms with Crippen LogP contribution in [0, 0.1) is 0 Å². The number of aromatic nitrogens is 1. The number of esters is 2. The number of fused-ring (bicyclic) bond motifs is 3. The van der Waals surface area contributed by atoms with E-state index in [-0.39, 0.29) is 18.5 Å². The minimum Gasteiger partial charge on any atom is -0.468 e. The fourth-order valence-corrected chi connectivity index (χ4v) is 3.02. The van der Waals surface area contributed by atoms with Crippen molar-refractivity contribution in [2.24, 2.45) is 0 Å². The standard InChI is InChI=1S/C16H18N2O4/c1-21-15(19)9-18-8-13-11(7-14(18)16(20)22-2)10-5-3-4-6-12(10)17-13/h3-6,14,17H,7-9H2,1-2H3. The fourth-order valence-electron chi connectivity index (χ4n) is 3.02. The van der Waals surface area contributed by atoms with E-state index in [0.717, 1.165) is 22.2 Å². The van der Waals surface area contributed by atoms with Gasteiger partial charge in [0.2, 0.25) is 0 Å². The summed E-state index contributed by atoms with van der Waals surface area (Å²) in [5.74, 6) is -0.701. The Morgan fingerprint density at radius 1 is 1.27 bits per heavy atom. The largest absolute Gasteiger partial charge is 0.468 e. The molecule has 0 spiro atoms. The van der Waals surface area contributed by atoms with E-state index >= 15 is 0 Å². The molecule has 2 aromatic rings. The van der Waals surface area contributed by atoms with Crippen LogP contribution in [-0.2, 0) is 32.0 Å². The quantitative estimate of drug-likeness (QED) is 0.864. The van der Waals surface area contributed by atoms with Crippen LogP contribution in [0.3, 0.4) is 0 Å². The molecule has 0 saturated heterocycles. The van der Waals surface area contributed by atoms with Crippen LogP contribution in [-0.4, -0.2) is 48.6 Å². The van der Waals surface area contributed by atoms with E-state index in [0.29, 0.717) is 13.0 Å². The molecule has 1 aromatic carbocycles. The highest BCUT2D eigenvalue weighted by molar-refractivity contribution is 5.87. The molecule has 3 rings (SSSR count). The fraction of sp³-hybridized carbons (Fsp3) is 0.375. The van der Waals surface area contributed by atoms with Gasteiger partial charge in [-0.2, -0.15) is 0 Å². The predicted octanol–water partition coefficient (Wildman–Crippen LogP) is 1.24. The van der Waals surface area contributed by atoms with Crippen molar-refractivity contribution in [1.29, 1.82) is 0 Å². The van der Waals surface area contributed by atoms with E-state index in [9.17, 15) is 9.59 Å². The van der Waals surface area contributed by atoms with Gasteiger partial charge in [-0.05, 0) is 11.6 Å². The number of benzene rings is 1. The Morgan fingerprint density at radius 3 is 2.77 bits per heavy atom. The SMILES string of the molecule is COC(=O)CN1Cc2[nH]c3ccccc3c2CC1C(=O)OC. The van der Waals surface area contributed by atoms with E-state index < -0.39 is 6.04 Å². The first kappa shape index (κ1) is 14.6. The summed E-state index contributed by atoms with van der Waals surface area (Å²) in [6.07, 6.45) is 0.517. The maximum absolute atomic E-state index is 12.1. The number of H-pyrrole nitrogens is 1. The number of hydrogen-bond acceptors (Lipinski definition) is 5. The van der Waals surface area contributed by atoms with Crippen molar-refractivity contribution < 1.29 is 19.1 Å². The summed E-state index contributed by atoms with van der Waals surface area (Å²) in [5.41, 5.74) is 3.19. The zero-order valence-corrected chi connectivity index (χ0v) is 12.6. The van der Waals surface area contributed by atoms with E-state index in [1.807, 2.05) is 24.3 Å². The van der Waals surface area contributed by atoms with Gasteiger partial charge in [0.05, 0.1) is 20.8 Å². The molecule has 6 heteroatoms. The molecule has 22 heavy (non-hydrogen) atoms. The monoisotopic (exact) mass is 302 g/mol. The Labute approximate surface area is 128 Å². The first-order valence-electron chi connectivity index (χ1n) is 7.11. The normalized spacial score (nSPS) is 18.0. The average Bonchev–Trinajstić information content (AvgIpc) is 2.90. The predicted molar refractivity (Wildman–Crippen MR) is 80.2 cm³/mol. The summed E-state index contributed by atoms with van der Waals surface area (Å²) < 4.78 is 9.61. The second-order valence-corrected chi connectivity index (χ2v) is 5.35. The number of para-hydroxylation sites is 1. The third-order valence-corrected chi connectivity index (χ3v) is 4.13. The highest BCUT2D eigenvalue weighted by Gasteiger charge is 2.35. The van der Waals surface area contributed by atoms with Crippen LogP contribution < -0.4 is 0 Å². The van der Waals surface area contributed by atoms with E-state index in [1.54, 1.807) is 4.90 Å². The third kappa shape index (κ3) is 2.46. The number of rotatable bonds is 3. The lowest BCUT2D eigenvalue weighted by molar-refractivity contribution is -0.151. The molecular formula is C16H18N2O4. The first-order chi connectivity index (χ1) is 10.6. The summed E-state index contributed by atoms with van der Waals surface area (Å²) in [4.78, 5) is 28.8. The van der Waals surface area contributed by atoms with Crippen LogP contribution in [0.15, 0.2) is 24.3 Å². The lowest BCUT2D eigenvalue weighted by atomic mass is 9.96. The average molecular weight is 302 g/mol. The molecule has 0 fully saturated rings. The van der Waals surface area contributed by atoms with Crippen molar-refractivity contribution in [3.63, 3.8) is 0 Å². The second-order valence-electron chi connectivity index (χ2n) is 5.35. The molecule has 0 saturated carbocycles. The van der Waals surface area contributed by atoms with E-state index in [4.69, 9.17) is 9.47 Å². The van der Waals surface area contributed by atoms with Gasteiger partial charge in [0, 0.05) is 29.6 Å². The second kappa shape index (κ2) is 5.81. The summed E-state index contributed by atoms with van der Waals surface area (Å²) in [5, 5.41) is 1.11. The van der Waals surface area contributed by atoms with Crippen LogP contribution in [0.25, 0.3) is 10.9 Å². The molecule has 1 aliphatic rings. The van der Waals surface area contributed by atoms with Gasteiger partial charge in [0.15, 0.2) is 0 Å². The molecule has 6 nitrogen and oxygen atoms in total. The highest BCUT2D eigenvalue weighted by Crippen LogP contribution is 2.30. The number of nitrogens with one attached hydrogen (secondary N) is 1. The number of carbonyl (C=O) groups is 2. The zero-order valence-electron chi connectivity index (χ0n) is 12.6. The van der Waals surface area contributed by atoms with Crippen molar-refractivity contribution in [2.45, 2.75) is 19.0 Å². The Hall–Kier alpha value is -2.34. The number of carbonyl (C=O) groups excluding carboxylic acids is 2. The molecule has 1 atom stereocenters. The molecule has 0 amide bonds. The van der Waals surface area contributed by atoms with Crippen LogP contribution in [0.5, 0.6) is 0 Å². The van der Waals surface area contributed by atoms with E-state index in [1.165, 1.54) is 14.2 Å². The molecule has 0 radical (unpaired) electrons. The molecule has 1 aromatic heterocycles. The van der Waals surface area contributed by atoms with Crippen molar-refractivity contribution in [2.75, 3.05) is 20.8 Å². The first-order valence-corrected chi connectivity index (χ1v) is 7.11. The Morgan fingerprint density at radius 2 is 2.05 bits per heavy atom. The minimum atomic E-state index is -0.476. The molecule has 2 heterocycles. The van der Waals surface area contributed by atoms with Crippen LogP contribution in [0.4, 0.5) is 0 Å². The summed E-state index contributed by atoms with van der Waals surface area (Å²) >= 11 is 0. The number of ether oxygens (including phenoxy) is 2. The van der Waals surface area contributed by atoms with Gasteiger partial charge in [-0.1, -0.05) is 18.2 Å². The number of nitrogens with zero attached hydrogens (tertiary/aromatic N) is 1. The number of aromatic amines is 1. The molecule has 0 aliphatic carbocycles. The maximum Gasteiger partial charge on any atom is 0.323 e. The molecular weight excluding hydrogens is 284 g/mol. The summed E-state index contributed by atoms with van der Waals surface area (Å²) in [6.45, 7) is 0.546. The van der Waals surface area contributed by atoms with Gasteiger partial charge >= 0.3 is 11.9 Å². The van der Waals surface area contributed by atoms with Crippen LogP contribution in [0.2, 0.25) is 0 Å². The Bertz CT molecular complexity index is 722. The van der Waals surface area contributed by atoms with Gasteiger partial charge in [-0.25, -0.2) is 0 Å². The van der Waals surface area contributed by atoms with Crippen molar-refractivity contribution >= 4 is 22.8 Å². The topological polar surface area (TPSA) is 71.6 Å². The van der Waals surface area contributed by atoms with Crippen molar-refractivity contribution in [3.8, 4) is 0 Å². The van der Waals surface area contributed by atoms with Crippen LogP contribution in [0.1, 0.15) is 11.3 Å². The van der Waals surface area contributed by atoms with Crippen molar-refractivity contribution in [3.05, 3.63) is 35.5 Å². The van der Waals surface area contributed by atoms with Gasteiger partial charge in [-0.15, -0.1) is 0 Å². The Kier molecular flexibility index (Phi) is 3.85. The van der Waals surface area contributed by atoms with Gasteiger partial charge < -0.3 is 14.5 Å². The lowest BCUT2D eigenvalue weighted by Crippen LogP contribution is -2.48. The Balaban J connectivity index is 1.98. The maximum atomic E-state index is 12.1. The summed E-state index contributed by atoms with van der Waals surface area (Å²) in [7, 11) is 2.71. The summed E-state index contributed by atoms with van der Waals surface area (Å²) in [6, 6.07) is 7.51. The third-order valence-electron chi connectivity index (χ3n) is 4.13. The molecule has 1 unspecified atom stereocenters. The van der Waals surface area contributed by atoms with Gasteiger partial charge in [0.25, 0.3) is 0 Å². The molecule has 0 bridgehead atoms. The molecule has 116 valence electrons. The lowest BCUT2D eigenvalue weighted by Gasteiger charge is -2.32. The van der Waals surface area contributed by atoms with Crippen molar-refractivity contribution in [1.82, 2.24) is 9.88 Å². The number of methoxy groups -OCH3 is 2. The smallest absolute Gasteiger partial charge is 0.323 e. The number of hydrogen-bond donors (Lipinski definition) is 1. The molecule has 1 N–H and O–H groups in total. The van der Waals surface area contributed by atoms with Gasteiger partial charge in [-0.3, -0.25) is 14.5 Å². The zero-order chi connectivity index (χ0) is 15.7. The van der Waals surface area contributed by atoms with Crippen LogP contribution >= 0.6 is 0 Å². The highest BCUT2D eigenvalue weighted by atomic mass is 16.5. The van der Waals surface area contributed by atoms with E-state index in [2.05, 4.69) is 4.98 Å². The minimum absolute atomic E-state index is 0.0606.